The summed E-state index contributed by atoms with van der Waals surface area (Å²) in [5.41, 5.74) is 3.91. The summed E-state index contributed by atoms with van der Waals surface area (Å²) in [5.74, 6) is 1.54. The molecule has 0 radical (unpaired) electrons. The minimum absolute atomic E-state index is 0.670. The molecule has 1 fully saturated rings. The van der Waals surface area contributed by atoms with E-state index in [-0.39, 0.29) is 0 Å². The van der Waals surface area contributed by atoms with Crippen molar-refractivity contribution in [3.05, 3.63) is 47.5 Å². The van der Waals surface area contributed by atoms with Gasteiger partial charge in [0.25, 0.3) is 0 Å². The molecule has 64 valence electrons. The summed E-state index contributed by atoms with van der Waals surface area (Å²) in [4.78, 5) is 0. The lowest BCUT2D eigenvalue weighted by atomic mass is 9.90. The van der Waals surface area contributed by atoms with Crippen molar-refractivity contribution in [1.29, 1.82) is 0 Å². The van der Waals surface area contributed by atoms with Gasteiger partial charge in [0, 0.05) is 11.8 Å². The van der Waals surface area contributed by atoms with Crippen LogP contribution in [0.25, 0.3) is 0 Å². The molecule has 3 aliphatic rings. The lowest BCUT2D eigenvalue weighted by Gasteiger charge is -2.12. The van der Waals surface area contributed by atoms with E-state index >= 15 is 0 Å². The zero-order valence-electron chi connectivity index (χ0n) is 7.53. The van der Waals surface area contributed by atoms with Crippen molar-refractivity contribution in [2.24, 2.45) is 5.41 Å². The second kappa shape index (κ2) is 1.75. The third kappa shape index (κ3) is 0.551. The highest BCUT2D eigenvalue weighted by atomic mass is 14.6. The Morgan fingerprint density at radius 3 is 1.92 bits per heavy atom. The highest BCUT2D eigenvalue weighted by molar-refractivity contribution is 5.54. The number of allylic oxidation sites excluding steroid dienone is 2. The minimum atomic E-state index is 0.670. The Bertz CT molecular complexity index is 375. The molecular weight excluding hydrogens is 156 g/mol. The van der Waals surface area contributed by atoms with Gasteiger partial charge in [0.2, 0.25) is 0 Å². The van der Waals surface area contributed by atoms with E-state index in [4.69, 9.17) is 0 Å². The SMILES string of the molecule is C1=C[C@@H]2c3ccccc3[C@@H]1C21CC1. The lowest BCUT2D eigenvalue weighted by Crippen LogP contribution is -2.03. The average molecular weight is 168 g/mol. The Balaban J connectivity index is 2.03. The molecule has 0 N–H and O–H groups in total. The van der Waals surface area contributed by atoms with E-state index in [2.05, 4.69) is 36.4 Å². The summed E-state index contributed by atoms with van der Waals surface area (Å²) in [6.45, 7) is 0. The number of fused-ring (bicyclic) bond motifs is 3. The van der Waals surface area contributed by atoms with Crippen LogP contribution in [-0.4, -0.2) is 0 Å². The van der Waals surface area contributed by atoms with E-state index in [1.165, 1.54) is 12.8 Å². The highest BCUT2D eigenvalue weighted by Crippen LogP contribution is 2.73. The van der Waals surface area contributed by atoms with Crippen LogP contribution in [0.1, 0.15) is 35.8 Å². The van der Waals surface area contributed by atoms with Crippen LogP contribution in [0.15, 0.2) is 36.4 Å². The Labute approximate surface area is 78.3 Å². The van der Waals surface area contributed by atoms with Crippen molar-refractivity contribution in [3.8, 4) is 0 Å². The molecule has 2 bridgehead atoms. The van der Waals surface area contributed by atoms with Gasteiger partial charge >= 0.3 is 0 Å². The minimum Gasteiger partial charge on any atom is -0.0798 e. The maximum absolute atomic E-state index is 2.44. The molecule has 0 heterocycles. The summed E-state index contributed by atoms with van der Waals surface area (Å²) in [6.07, 6.45) is 7.79. The van der Waals surface area contributed by atoms with Gasteiger partial charge in [0.05, 0.1) is 0 Å². The van der Waals surface area contributed by atoms with Gasteiger partial charge in [-0.05, 0) is 29.4 Å². The van der Waals surface area contributed by atoms with Crippen molar-refractivity contribution >= 4 is 0 Å². The first-order valence-electron chi connectivity index (χ1n) is 5.19. The van der Waals surface area contributed by atoms with Gasteiger partial charge in [-0.2, -0.15) is 0 Å². The van der Waals surface area contributed by atoms with E-state index in [1.54, 1.807) is 11.1 Å². The van der Waals surface area contributed by atoms with Crippen molar-refractivity contribution in [2.45, 2.75) is 24.7 Å². The fourth-order valence-corrected chi connectivity index (χ4v) is 3.47. The molecule has 0 nitrogen and oxygen atoms in total. The number of hydrogen-bond donors (Lipinski definition) is 0. The smallest absolute Gasteiger partial charge is 0.00865 e. The number of benzene rings is 1. The first-order chi connectivity index (χ1) is 6.42. The topological polar surface area (TPSA) is 0 Å². The van der Waals surface area contributed by atoms with Gasteiger partial charge in [-0.1, -0.05) is 36.4 Å². The van der Waals surface area contributed by atoms with Crippen molar-refractivity contribution < 1.29 is 0 Å². The standard InChI is InChI=1S/C13H12/c1-2-4-10-9(3-1)11-5-6-12(10)13(11)7-8-13/h1-6,11-12H,7-8H2/t11-,12-/m1/s1. The van der Waals surface area contributed by atoms with Crippen LogP contribution in [0.4, 0.5) is 0 Å². The van der Waals surface area contributed by atoms with E-state index in [0.717, 1.165) is 11.8 Å². The third-order valence-corrected chi connectivity index (χ3v) is 4.23. The quantitative estimate of drug-likeness (QED) is 0.522. The zero-order valence-corrected chi connectivity index (χ0v) is 7.53. The summed E-state index contributed by atoms with van der Waals surface area (Å²) < 4.78 is 0. The van der Waals surface area contributed by atoms with Crippen LogP contribution >= 0.6 is 0 Å². The van der Waals surface area contributed by atoms with Crippen LogP contribution in [-0.2, 0) is 0 Å². The molecule has 2 atom stereocenters. The van der Waals surface area contributed by atoms with Crippen molar-refractivity contribution in [2.75, 3.05) is 0 Å². The molecule has 3 aliphatic carbocycles. The van der Waals surface area contributed by atoms with Crippen LogP contribution in [0.2, 0.25) is 0 Å². The Morgan fingerprint density at radius 2 is 1.46 bits per heavy atom. The molecule has 0 amide bonds. The second-order valence-electron chi connectivity index (χ2n) is 4.70. The largest absolute Gasteiger partial charge is 0.0798 e. The summed E-state index contributed by atoms with van der Waals surface area (Å²) >= 11 is 0. The predicted molar refractivity (Wildman–Crippen MR) is 52.7 cm³/mol. The molecule has 4 rings (SSSR count). The van der Waals surface area contributed by atoms with Crippen molar-refractivity contribution in [3.63, 3.8) is 0 Å². The average Bonchev–Trinajstić information content (AvgIpc) is 2.81. The summed E-state index contributed by atoms with van der Waals surface area (Å²) in [6, 6.07) is 9.01. The van der Waals surface area contributed by atoms with Gasteiger partial charge in [0.1, 0.15) is 0 Å². The molecule has 0 aliphatic heterocycles. The zero-order chi connectivity index (χ0) is 8.47. The van der Waals surface area contributed by atoms with Gasteiger partial charge in [-0.25, -0.2) is 0 Å². The Hall–Kier alpha value is -1.04. The first kappa shape index (κ1) is 6.42. The molecule has 0 saturated heterocycles. The van der Waals surface area contributed by atoms with Gasteiger partial charge < -0.3 is 0 Å². The van der Waals surface area contributed by atoms with Gasteiger partial charge in [-0.3, -0.25) is 0 Å². The molecule has 1 aromatic rings. The van der Waals surface area contributed by atoms with Crippen LogP contribution in [0.3, 0.4) is 0 Å². The third-order valence-electron chi connectivity index (χ3n) is 4.23. The van der Waals surface area contributed by atoms with Crippen LogP contribution in [0, 0.1) is 5.41 Å². The molecule has 1 saturated carbocycles. The first-order valence-corrected chi connectivity index (χ1v) is 5.19. The molecule has 1 spiro atoms. The highest BCUT2D eigenvalue weighted by Gasteiger charge is 2.61. The summed E-state index contributed by atoms with van der Waals surface area (Å²) in [5, 5.41) is 0. The molecule has 0 heteroatoms. The number of hydrogen-bond acceptors (Lipinski definition) is 0. The van der Waals surface area contributed by atoms with Gasteiger partial charge in [0.15, 0.2) is 0 Å². The van der Waals surface area contributed by atoms with E-state index < -0.39 is 0 Å². The van der Waals surface area contributed by atoms with Crippen LogP contribution < -0.4 is 0 Å². The molecule has 1 aromatic carbocycles. The molecule has 0 aromatic heterocycles. The number of rotatable bonds is 0. The molecule has 13 heavy (non-hydrogen) atoms. The van der Waals surface area contributed by atoms with E-state index in [1.807, 2.05) is 0 Å². The Morgan fingerprint density at radius 1 is 0.923 bits per heavy atom. The summed E-state index contributed by atoms with van der Waals surface area (Å²) in [7, 11) is 0. The monoisotopic (exact) mass is 168 g/mol. The molecule has 0 unspecified atom stereocenters. The van der Waals surface area contributed by atoms with Crippen LogP contribution in [0.5, 0.6) is 0 Å². The fourth-order valence-electron chi connectivity index (χ4n) is 3.47. The van der Waals surface area contributed by atoms with Crippen molar-refractivity contribution in [1.82, 2.24) is 0 Å². The predicted octanol–water partition coefficient (Wildman–Crippen LogP) is 3.22. The van der Waals surface area contributed by atoms with E-state index in [0.29, 0.717) is 5.41 Å². The Kier molecular flexibility index (Phi) is 0.862. The van der Waals surface area contributed by atoms with E-state index in [9.17, 15) is 0 Å². The second-order valence-corrected chi connectivity index (χ2v) is 4.70. The maximum Gasteiger partial charge on any atom is 0.00865 e. The lowest BCUT2D eigenvalue weighted by molar-refractivity contribution is 0.484. The fraction of sp³-hybridized carbons (Fsp3) is 0.385. The maximum atomic E-state index is 2.44. The molecular formula is C13H12. The van der Waals surface area contributed by atoms with Gasteiger partial charge in [-0.15, -0.1) is 0 Å². The normalized spacial score (nSPS) is 35.4.